The molecule has 0 aliphatic heterocycles. The van der Waals surface area contributed by atoms with E-state index in [2.05, 4.69) is 5.32 Å². The Hall–Kier alpha value is -3.67. The lowest BCUT2D eigenvalue weighted by molar-refractivity contribution is -0.116. The minimum Gasteiger partial charge on any atom is -0.494 e. The lowest BCUT2D eigenvalue weighted by Gasteiger charge is -2.13. The molecule has 1 N–H and O–H groups in total. The van der Waals surface area contributed by atoms with Crippen LogP contribution < -0.4 is 24.3 Å². The lowest BCUT2D eigenvalue weighted by Crippen LogP contribution is -2.13. The van der Waals surface area contributed by atoms with Gasteiger partial charge in [0, 0.05) is 6.42 Å². The quantitative estimate of drug-likeness (QED) is 0.350. The number of hydrogen-bond donors (Lipinski definition) is 1. The van der Waals surface area contributed by atoms with Crippen molar-refractivity contribution in [1.29, 1.82) is 0 Å². The maximum absolute atomic E-state index is 12.5. The second-order valence-corrected chi connectivity index (χ2v) is 6.88. The third-order valence-electron chi connectivity index (χ3n) is 4.48. The fourth-order valence-electron chi connectivity index (χ4n) is 3.03. The molecule has 0 bridgehead atoms. The van der Waals surface area contributed by atoms with Crippen LogP contribution in [0.25, 0.3) is 0 Å². The minimum absolute atomic E-state index is 0.102. The molecule has 6 nitrogen and oxygen atoms in total. The highest BCUT2D eigenvalue weighted by atomic mass is 16.5. The van der Waals surface area contributed by atoms with Crippen LogP contribution in [-0.2, 0) is 4.79 Å². The van der Waals surface area contributed by atoms with Crippen LogP contribution in [0.4, 0.5) is 5.69 Å². The zero-order valence-electron chi connectivity index (χ0n) is 18.5. The smallest absolute Gasteiger partial charge is 0.224 e. The number of nitrogens with one attached hydrogen (secondary N) is 1. The van der Waals surface area contributed by atoms with Crippen molar-refractivity contribution in [2.45, 2.75) is 26.7 Å². The summed E-state index contributed by atoms with van der Waals surface area (Å²) in [6, 6.07) is 22.3. The summed E-state index contributed by atoms with van der Waals surface area (Å²) in [7, 11) is 0. The Morgan fingerprint density at radius 3 is 2.00 bits per heavy atom. The average Bonchev–Trinajstić information content (AvgIpc) is 2.81. The van der Waals surface area contributed by atoms with E-state index in [-0.39, 0.29) is 5.91 Å². The van der Waals surface area contributed by atoms with Crippen molar-refractivity contribution in [1.82, 2.24) is 0 Å². The highest BCUT2D eigenvalue weighted by molar-refractivity contribution is 5.92. The zero-order chi connectivity index (χ0) is 22.6. The Balaban J connectivity index is 1.50. The maximum Gasteiger partial charge on any atom is 0.224 e. The van der Waals surface area contributed by atoms with E-state index in [1.165, 1.54) is 0 Å². The topological polar surface area (TPSA) is 66.0 Å². The van der Waals surface area contributed by atoms with Crippen LogP contribution in [0.3, 0.4) is 0 Å². The molecule has 1 amide bonds. The largest absolute Gasteiger partial charge is 0.494 e. The Morgan fingerprint density at radius 1 is 0.719 bits per heavy atom. The van der Waals surface area contributed by atoms with Gasteiger partial charge in [0.15, 0.2) is 17.2 Å². The molecule has 0 saturated heterocycles. The van der Waals surface area contributed by atoms with Crippen LogP contribution in [0, 0.1) is 0 Å². The van der Waals surface area contributed by atoms with E-state index >= 15 is 0 Å². The van der Waals surface area contributed by atoms with E-state index in [0.717, 1.165) is 5.75 Å². The highest BCUT2D eigenvalue weighted by Gasteiger charge is 2.10. The predicted octanol–water partition coefficient (Wildman–Crippen LogP) is 6.07. The van der Waals surface area contributed by atoms with Crippen molar-refractivity contribution in [3.8, 4) is 28.7 Å². The van der Waals surface area contributed by atoms with E-state index in [1.54, 1.807) is 0 Å². The van der Waals surface area contributed by atoms with Crippen molar-refractivity contribution in [2.75, 3.05) is 25.1 Å². The van der Waals surface area contributed by atoms with E-state index in [4.69, 9.17) is 18.9 Å². The van der Waals surface area contributed by atoms with Crippen LogP contribution in [-0.4, -0.2) is 25.7 Å². The first-order valence-corrected chi connectivity index (χ1v) is 10.8. The van der Waals surface area contributed by atoms with Crippen LogP contribution in [0.5, 0.6) is 28.7 Å². The van der Waals surface area contributed by atoms with Crippen LogP contribution >= 0.6 is 0 Å². The second-order valence-electron chi connectivity index (χ2n) is 6.88. The number of hydrogen-bond acceptors (Lipinski definition) is 5. The van der Waals surface area contributed by atoms with Gasteiger partial charge in [-0.1, -0.05) is 24.3 Å². The number of anilines is 1. The molecule has 0 aliphatic carbocycles. The summed E-state index contributed by atoms with van der Waals surface area (Å²) in [6.07, 6.45) is 0.905. The number of benzene rings is 3. The zero-order valence-corrected chi connectivity index (χ0v) is 18.5. The average molecular weight is 436 g/mol. The van der Waals surface area contributed by atoms with Gasteiger partial charge < -0.3 is 24.3 Å². The highest BCUT2D eigenvalue weighted by Crippen LogP contribution is 2.30. The molecule has 0 aromatic heterocycles. The van der Waals surface area contributed by atoms with Gasteiger partial charge in [0.1, 0.15) is 11.5 Å². The SMILES string of the molecule is CCOc1ccc(Oc2ccccc2NC(=O)CCCOc2ccccc2OCC)cc1. The van der Waals surface area contributed by atoms with Crippen molar-refractivity contribution >= 4 is 11.6 Å². The normalized spacial score (nSPS) is 10.3. The van der Waals surface area contributed by atoms with E-state index in [9.17, 15) is 4.79 Å². The third kappa shape index (κ3) is 6.94. The Bertz CT molecular complexity index is 988. The molecular formula is C26H29NO5. The number of carbonyl (C=O) groups excluding carboxylic acids is 1. The van der Waals surface area contributed by atoms with Gasteiger partial charge in [0.05, 0.1) is 25.5 Å². The first-order chi connectivity index (χ1) is 15.7. The summed E-state index contributed by atoms with van der Waals surface area (Å²) in [5, 5.41) is 2.92. The predicted molar refractivity (Wildman–Crippen MR) is 125 cm³/mol. The fraction of sp³-hybridized carbons (Fsp3) is 0.269. The molecule has 0 saturated carbocycles. The van der Waals surface area contributed by atoms with Crippen LogP contribution in [0.15, 0.2) is 72.8 Å². The standard InChI is InChI=1S/C26H29NO5/c1-3-29-20-15-17-21(18-16-20)32-23-11-6-5-10-22(23)27-26(28)14-9-19-31-25-13-8-7-12-24(25)30-4-2/h5-8,10-13,15-18H,3-4,9,14,19H2,1-2H3,(H,27,28). The van der Waals surface area contributed by atoms with Gasteiger partial charge in [-0.25, -0.2) is 0 Å². The molecule has 0 unspecified atom stereocenters. The van der Waals surface area contributed by atoms with Crippen molar-refractivity contribution in [2.24, 2.45) is 0 Å². The van der Waals surface area contributed by atoms with E-state index in [0.29, 0.717) is 61.3 Å². The maximum atomic E-state index is 12.5. The monoisotopic (exact) mass is 435 g/mol. The summed E-state index contributed by atoms with van der Waals surface area (Å²) in [5.41, 5.74) is 0.619. The van der Waals surface area contributed by atoms with Gasteiger partial charge in [0.2, 0.25) is 5.91 Å². The second kappa shape index (κ2) is 12.2. The molecule has 3 aromatic rings. The molecule has 0 fully saturated rings. The number of carbonyl (C=O) groups is 1. The summed E-state index contributed by atoms with van der Waals surface area (Å²) >= 11 is 0. The number of para-hydroxylation sites is 4. The van der Waals surface area contributed by atoms with Crippen molar-refractivity contribution in [3.63, 3.8) is 0 Å². The number of ether oxygens (including phenoxy) is 4. The van der Waals surface area contributed by atoms with Gasteiger partial charge in [-0.3, -0.25) is 4.79 Å². The molecule has 0 radical (unpaired) electrons. The first kappa shape index (κ1) is 23.0. The molecule has 3 aromatic carbocycles. The van der Waals surface area contributed by atoms with Gasteiger partial charge in [-0.05, 0) is 68.8 Å². The van der Waals surface area contributed by atoms with E-state index in [1.807, 2.05) is 86.6 Å². The Kier molecular flexibility index (Phi) is 8.80. The van der Waals surface area contributed by atoms with Crippen molar-refractivity contribution in [3.05, 3.63) is 72.8 Å². The van der Waals surface area contributed by atoms with Gasteiger partial charge >= 0.3 is 0 Å². The Labute approximate surface area is 189 Å². The molecule has 0 heterocycles. The van der Waals surface area contributed by atoms with Crippen LogP contribution in [0.1, 0.15) is 26.7 Å². The molecule has 6 heteroatoms. The fourth-order valence-corrected chi connectivity index (χ4v) is 3.03. The summed E-state index contributed by atoms with van der Waals surface area (Å²) in [6.45, 7) is 5.47. The summed E-state index contributed by atoms with van der Waals surface area (Å²) < 4.78 is 22.7. The van der Waals surface area contributed by atoms with E-state index < -0.39 is 0 Å². The molecule has 0 aliphatic rings. The van der Waals surface area contributed by atoms with Gasteiger partial charge in [0.25, 0.3) is 0 Å². The summed E-state index contributed by atoms with van der Waals surface area (Å²) in [4.78, 5) is 12.5. The molecule has 0 spiro atoms. The number of amides is 1. The Morgan fingerprint density at radius 2 is 1.31 bits per heavy atom. The minimum atomic E-state index is -0.102. The third-order valence-corrected chi connectivity index (χ3v) is 4.48. The lowest BCUT2D eigenvalue weighted by atomic mass is 10.2. The number of rotatable bonds is 12. The molecule has 32 heavy (non-hydrogen) atoms. The van der Waals surface area contributed by atoms with Gasteiger partial charge in [-0.2, -0.15) is 0 Å². The molecule has 0 atom stereocenters. The summed E-state index contributed by atoms with van der Waals surface area (Å²) in [5.74, 6) is 3.31. The van der Waals surface area contributed by atoms with Crippen molar-refractivity contribution < 1.29 is 23.7 Å². The van der Waals surface area contributed by atoms with Crippen LogP contribution in [0.2, 0.25) is 0 Å². The molecule has 168 valence electrons. The molecule has 3 rings (SSSR count). The first-order valence-electron chi connectivity index (χ1n) is 10.8. The van der Waals surface area contributed by atoms with Gasteiger partial charge in [-0.15, -0.1) is 0 Å². The molecular weight excluding hydrogens is 406 g/mol.